The molecule has 5 heteroatoms. The van der Waals surface area contributed by atoms with Crippen molar-refractivity contribution < 1.29 is 4.42 Å². The van der Waals surface area contributed by atoms with Crippen LogP contribution in [0.1, 0.15) is 0 Å². The molecule has 0 saturated carbocycles. The number of para-hydroxylation sites is 3. The lowest BCUT2D eigenvalue weighted by Crippen LogP contribution is -2.01. The molecule has 0 unspecified atom stereocenters. The molecule has 0 atom stereocenters. The molecule has 5 nitrogen and oxygen atoms in total. The molecule has 4 aromatic heterocycles. The molecule has 0 spiro atoms. The van der Waals surface area contributed by atoms with Gasteiger partial charge in [-0.1, -0.05) is 103 Å². The predicted octanol–water partition coefficient (Wildman–Crippen LogP) is 10.5. The Morgan fingerprint density at radius 2 is 1.17 bits per heavy atom. The second-order valence-corrected chi connectivity index (χ2v) is 11.7. The third kappa shape index (κ3) is 3.66. The van der Waals surface area contributed by atoms with Crippen LogP contribution in [-0.2, 0) is 0 Å². The van der Waals surface area contributed by atoms with Crippen LogP contribution in [0.2, 0.25) is 0 Å². The van der Waals surface area contributed by atoms with Crippen LogP contribution < -0.4 is 0 Å². The first-order chi connectivity index (χ1) is 22.8. The van der Waals surface area contributed by atoms with Gasteiger partial charge in [0.15, 0.2) is 5.82 Å². The van der Waals surface area contributed by atoms with Gasteiger partial charge in [-0.2, -0.15) is 0 Å². The second-order valence-electron chi connectivity index (χ2n) is 11.7. The van der Waals surface area contributed by atoms with Gasteiger partial charge in [-0.25, -0.2) is 15.0 Å². The fraction of sp³-hybridized carbons (Fsp3) is 0. The van der Waals surface area contributed by atoms with Crippen LogP contribution >= 0.6 is 0 Å². The molecule has 10 aromatic rings. The van der Waals surface area contributed by atoms with Gasteiger partial charge >= 0.3 is 0 Å². The van der Waals surface area contributed by atoms with E-state index in [-0.39, 0.29) is 0 Å². The van der Waals surface area contributed by atoms with E-state index in [1.807, 2.05) is 36.4 Å². The maximum absolute atomic E-state index is 6.15. The van der Waals surface area contributed by atoms with Crippen molar-refractivity contribution in [2.24, 2.45) is 0 Å². The number of hydrogen-bond acceptors (Lipinski definition) is 4. The molecule has 0 aliphatic heterocycles. The Kier molecular flexibility index (Phi) is 5.22. The zero-order valence-electron chi connectivity index (χ0n) is 24.6. The van der Waals surface area contributed by atoms with Gasteiger partial charge < -0.3 is 4.42 Å². The number of pyridine rings is 1. The topological polar surface area (TPSA) is 56.2 Å². The van der Waals surface area contributed by atoms with Crippen molar-refractivity contribution >= 4 is 60.4 Å². The number of rotatable bonds is 3. The zero-order valence-corrected chi connectivity index (χ0v) is 24.6. The van der Waals surface area contributed by atoms with E-state index >= 15 is 0 Å². The summed E-state index contributed by atoms with van der Waals surface area (Å²) in [6.45, 7) is 0. The van der Waals surface area contributed by atoms with Gasteiger partial charge in [-0.05, 0) is 53.6 Å². The van der Waals surface area contributed by atoms with Gasteiger partial charge in [0.05, 0.1) is 22.2 Å². The monoisotopic (exact) mass is 588 g/mol. The average Bonchev–Trinajstić information content (AvgIpc) is 3.70. The van der Waals surface area contributed by atoms with Crippen molar-refractivity contribution in [3.05, 3.63) is 146 Å². The van der Waals surface area contributed by atoms with Crippen molar-refractivity contribution in [1.82, 2.24) is 19.4 Å². The fourth-order valence-electron chi connectivity index (χ4n) is 6.84. The van der Waals surface area contributed by atoms with Crippen LogP contribution in [0.15, 0.2) is 150 Å². The number of hydrogen-bond donors (Lipinski definition) is 0. The van der Waals surface area contributed by atoms with Crippen LogP contribution in [-0.4, -0.2) is 19.4 Å². The summed E-state index contributed by atoms with van der Waals surface area (Å²) in [5, 5.41) is 4.22. The first kappa shape index (κ1) is 25.0. The van der Waals surface area contributed by atoms with E-state index in [1.54, 1.807) is 0 Å². The summed E-state index contributed by atoms with van der Waals surface area (Å²) >= 11 is 0. The molecule has 0 fully saturated rings. The van der Waals surface area contributed by atoms with Crippen LogP contribution in [0, 0.1) is 0 Å². The first-order valence-corrected chi connectivity index (χ1v) is 15.4. The van der Waals surface area contributed by atoms with Crippen molar-refractivity contribution in [2.75, 3.05) is 0 Å². The van der Waals surface area contributed by atoms with Gasteiger partial charge in [0.25, 0.3) is 0 Å². The quantitative estimate of drug-likeness (QED) is 0.193. The number of benzene rings is 6. The molecular weight excluding hydrogens is 564 g/mol. The molecular formula is C41H24N4O. The van der Waals surface area contributed by atoms with Crippen LogP contribution in [0.3, 0.4) is 0 Å². The lowest BCUT2D eigenvalue weighted by atomic mass is 10.00. The van der Waals surface area contributed by atoms with Gasteiger partial charge in [-0.3, -0.25) is 4.40 Å². The predicted molar refractivity (Wildman–Crippen MR) is 187 cm³/mol. The lowest BCUT2D eigenvalue weighted by Gasteiger charge is -2.15. The largest absolute Gasteiger partial charge is 0.456 e. The van der Waals surface area contributed by atoms with Crippen LogP contribution in [0.5, 0.6) is 0 Å². The van der Waals surface area contributed by atoms with Crippen molar-refractivity contribution in [3.63, 3.8) is 0 Å². The van der Waals surface area contributed by atoms with E-state index in [1.165, 1.54) is 0 Å². The summed E-state index contributed by atoms with van der Waals surface area (Å²) in [5.41, 5.74) is 11.5. The summed E-state index contributed by atoms with van der Waals surface area (Å²) in [6, 6.07) is 50.2. The molecule has 4 heterocycles. The Hall–Kier alpha value is -6.33. The van der Waals surface area contributed by atoms with Gasteiger partial charge in [0.1, 0.15) is 22.3 Å². The SMILES string of the molecule is c1ccc(-c2cccc(-c3nc(-c4ccc5oc6ccccc6c5c4)nc4c5ccccc5c5nc6ccccc6n5c34)c2)cc1. The number of aromatic nitrogens is 4. The molecule has 0 bridgehead atoms. The number of imidazole rings is 1. The fourth-order valence-corrected chi connectivity index (χ4v) is 6.84. The molecule has 214 valence electrons. The van der Waals surface area contributed by atoms with E-state index in [0.29, 0.717) is 5.82 Å². The Balaban J connectivity index is 1.35. The maximum atomic E-state index is 6.15. The minimum absolute atomic E-state index is 0.661. The summed E-state index contributed by atoms with van der Waals surface area (Å²) in [6.07, 6.45) is 0. The number of nitrogens with zero attached hydrogens (tertiary/aromatic N) is 4. The van der Waals surface area contributed by atoms with Crippen LogP contribution in [0.4, 0.5) is 0 Å². The van der Waals surface area contributed by atoms with E-state index in [9.17, 15) is 0 Å². The smallest absolute Gasteiger partial charge is 0.160 e. The minimum Gasteiger partial charge on any atom is -0.456 e. The van der Waals surface area contributed by atoms with Gasteiger partial charge in [-0.15, -0.1) is 0 Å². The standard InChI is InChI=1S/C41H24N4O/c1-2-11-25(12-3-1)26-13-10-14-27(23-26)37-39-38(30-16-4-5-17-31(30)41-42-33-18-7-8-19-34(33)45(39)41)44-40(43-37)28-21-22-36-32(24-28)29-15-6-9-20-35(29)46-36/h1-24H. The van der Waals surface area contributed by atoms with E-state index in [2.05, 4.69) is 114 Å². The highest BCUT2D eigenvalue weighted by atomic mass is 16.3. The Bertz CT molecular complexity index is 2810. The first-order valence-electron chi connectivity index (χ1n) is 15.4. The lowest BCUT2D eigenvalue weighted by molar-refractivity contribution is 0.669. The van der Waals surface area contributed by atoms with Crippen molar-refractivity contribution in [2.45, 2.75) is 0 Å². The van der Waals surface area contributed by atoms with Gasteiger partial charge in [0, 0.05) is 32.7 Å². The van der Waals surface area contributed by atoms with Crippen molar-refractivity contribution in [3.8, 4) is 33.8 Å². The Labute approximate surface area is 263 Å². The highest BCUT2D eigenvalue weighted by molar-refractivity contribution is 6.15. The summed E-state index contributed by atoms with van der Waals surface area (Å²) in [4.78, 5) is 15.9. The molecule has 0 amide bonds. The maximum Gasteiger partial charge on any atom is 0.160 e. The molecule has 46 heavy (non-hydrogen) atoms. The zero-order chi connectivity index (χ0) is 30.2. The average molecular weight is 589 g/mol. The molecule has 6 aromatic carbocycles. The molecule has 10 rings (SSSR count). The second kappa shape index (κ2) is 9.58. The Morgan fingerprint density at radius 3 is 2.09 bits per heavy atom. The van der Waals surface area contributed by atoms with E-state index in [4.69, 9.17) is 19.4 Å². The number of furan rings is 1. The molecule has 0 N–H and O–H groups in total. The summed E-state index contributed by atoms with van der Waals surface area (Å²) < 4.78 is 8.39. The molecule has 0 saturated heterocycles. The van der Waals surface area contributed by atoms with E-state index < -0.39 is 0 Å². The third-order valence-electron chi connectivity index (χ3n) is 8.97. The van der Waals surface area contributed by atoms with E-state index in [0.717, 1.165) is 88.4 Å². The summed E-state index contributed by atoms with van der Waals surface area (Å²) in [5.74, 6) is 0.661. The molecule has 0 radical (unpaired) electrons. The van der Waals surface area contributed by atoms with Gasteiger partial charge in [0.2, 0.25) is 0 Å². The Morgan fingerprint density at radius 1 is 0.457 bits per heavy atom. The normalized spacial score (nSPS) is 11.9. The van der Waals surface area contributed by atoms with Crippen molar-refractivity contribution in [1.29, 1.82) is 0 Å². The number of fused-ring (bicyclic) bond motifs is 11. The molecule has 0 aliphatic carbocycles. The highest BCUT2D eigenvalue weighted by Crippen LogP contribution is 2.39. The molecule has 0 aliphatic rings. The minimum atomic E-state index is 0.661. The van der Waals surface area contributed by atoms with Crippen LogP contribution in [0.25, 0.3) is 94.2 Å². The highest BCUT2D eigenvalue weighted by Gasteiger charge is 2.21. The third-order valence-corrected chi connectivity index (χ3v) is 8.97. The summed E-state index contributed by atoms with van der Waals surface area (Å²) in [7, 11) is 0.